The second-order valence-corrected chi connectivity index (χ2v) is 6.61. The van der Waals surface area contributed by atoms with Crippen molar-refractivity contribution in [3.05, 3.63) is 27.2 Å². The molecule has 1 N–H and O–H groups in total. The van der Waals surface area contributed by atoms with E-state index in [-0.39, 0.29) is 0 Å². The molecule has 2 rings (SSSR count). The smallest absolute Gasteiger partial charge is 0.0501 e. The van der Waals surface area contributed by atoms with Crippen molar-refractivity contribution in [2.24, 2.45) is 5.92 Å². The Morgan fingerprint density at radius 3 is 2.56 bits per heavy atom. The van der Waals surface area contributed by atoms with E-state index in [4.69, 9.17) is 11.6 Å². The molecule has 1 aliphatic carbocycles. The first-order valence-corrected chi connectivity index (χ1v) is 7.99. The van der Waals surface area contributed by atoms with E-state index in [0.29, 0.717) is 6.04 Å². The summed E-state index contributed by atoms with van der Waals surface area (Å²) in [6.07, 6.45) is 6.58. The Bertz CT molecular complexity index is 411. The van der Waals surface area contributed by atoms with Gasteiger partial charge in [0.25, 0.3) is 0 Å². The lowest BCUT2D eigenvalue weighted by molar-refractivity contribution is 0.330. The minimum absolute atomic E-state index is 0.600. The van der Waals surface area contributed by atoms with Gasteiger partial charge in [-0.15, -0.1) is 0 Å². The highest BCUT2D eigenvalue weighted by Gasteiger charge is 2.20. The molecule has 0 aliphatic heterocycles. The molecule has 0 amide bonds. The van der Waals surface area contributed by atoms with Crippen LogP contribution in [-0.4, -0.2) is 6.04 Å². The number of aryl methyl sites for hydroxylation is 1. The molecule has 0 atom stereocenters. The summed E-state index contributed by atoms with van der Waals surface area (Å²) in [6, 6.07) is 4.72. The van der Waals surface area contributed by atoms with Crippen LogP contribution in [0.25, 0.3) is 0 Å². The van der Waals surface area contributed by atoms with Gasteiger partial charge in [0, 0.05) is 15.5 Å². The van der Waals surface area contributed by atoms with Gasteiger partial charge >= 0.3 is 0 Å². The number of benzene rings is 1. The summed E-state index contributed by atoms with van der Waals surface area (Å²) < 4.78 is 1.11. The Kier molecular flexibility index (Phi) is 4.97. The highest BCUT2D eigenvalue weighted by Crippen LogP contribution is 2.33. The lowest BCUT2D eigenvalue weighted by Gasteiger charge is -2.29. The van der Waals surface area contributed by atoms with Crippen LogP contribution < -0.4 is 5.32 Å². The van der Waals surface area contributed by atoms with Crippen molar-refractivity contribution in [1.82, 2.24) is 0 Å². The first-order valence-electron chi connectivity index (χ1n) is 6.82. The van der Waals surface area contributed by atoms with Crippen LogP contribution in [0.2, 0.25) is 5.02 Å². The maximum atomic E-state index is 6.19. The van der Waals surface area contributed by atoms with Crippen LogP contribution in [0, 0.1) is 12.8 Å². The number of rotatable bonds is 3. The molecule has 0 bridgehead atoms. The fourth-order valence-electron chi connectivity index (χ4n) is 2.69. The van der Waals surface area contributed by atoms with Gasteiger partial charge in [0.1, 0.15) is 0 Å². The largest absolute Gasteiger partial charge is 0.381 e. The fraction of sp³-hybridized carbons (Fsp3) is 0.600. The van der Waals surface area contributed by atoms with Gasteiger partial charge in [0.05, 0.1) is 5.69 Å². The van der Waals surface area contributed by atoms with E-state index in [2.05, 4.69) is 34.2 Å². The first kappa shape index (κ1) is 14.2. The lowest BCUT2D eigenvalue weighted by atomic mass is 9.84. The minimum atomic E-state index is 0.600. The molecule has 0 unspecified atom stereocenters. The Hall–Kier alpha value is -0.210. The van der Waals surface area contributed by atoms with Crippen LogP contribution in [0.1, 0.15) is 44.6 Å². The number of nitrogens with one attached hydrogen (secondary N) is 1. The summed E-state index contributed by atoms with van der Waals surface area (Å²) in [5.74, 6) is 0.938. The maximum Gasteiger partial charge on any atom is 0.0501 e. The molecule has 0 aromatic heterocycles. The van der Waals surface area contributed by atoms with E-state index >= 15 is 0 Å². The second kappa shape index (κ2) is 6.29. The van der Waals surface area contributed by atoms with Crippen LogP contribution >= 0.6 is 27.5 Å². The molecular formula is C15H21BrClN. The van der Waals surface area contributed by atoms with E-state index in [1.165, 1.54) is 32.1 Å². The van der Waals surface area contributed by atoms with Gasteiger partial charge in [-0.1, -0.05) is 24.9 Å². The van der Waals surface area contributed by atoms with Crippen LogP contribution in [0.3, 0.4) is 0 Å². The average molecular weight is 331 g/mol. The van der Waals surface area contributed by atoms with Gasteiger partial charge in [-0.25, -0.2) is 0 Å². The van der Waals surface area contributed by atoms with Crippen molar-refractivity contribution in [2.45, 2.75) is 52.0 Å². The van der Waals surface area contributed by atoms with Crippen molar-refractivity contribution >= 4 is 33.2 Å². The molecular weight excluding hydrogens is 310 g/mol. The average Bonchev–Trinajstić information content (AvgIpc) is 2.37. The van der Waals surface area contributed by atoms with Crippen molar-refractivity contribution < 1.29 is 0 Å². The number of hydrogen-bond acceptors (Lipinski definition) is 1. The quantitative estimate of drug-likeness (QED) is 0.739. The highest BCUT2D eigenvalue weighted by atomic mass is 79.9. The monoisotopic (exact) mass is 329 g/mol. The van der Waals surface area contributed by atoms with E-state index in [1.54, 1.807) is 0 Å². The maximum absolute atomic E-state index is 6.19. The SMILES string of the molecule is CCC1CCC(Nc2cc(Cl)c(C)cc2Br)CC1. The van der Waals surface area contributed by atoms with E-state index in [1.807, 2.05) is 13.0 Å². The molecule has 1 aromatic carbocycles. The normalized spacial score (nSPS) is 24.0. The summed E-state index contributed by atoms with van der Waals surface area (Å²) in [4.78, 5) is 0. The van der Waals surface area contributed by atoms with Gasteiger partial charge in [-0.3, -0.25) is 0 Å². The second-order valence-electron chi connectivity index (χ2n) is 5.35. The molecule has 3 heteroatoms. The zero-order valence-electron chi connectivity index (χ0n) is 11.1. The van der Waals surface area contributed by atoms with Crippen molar-refractivity contribution in [3.63, 3.8) is 0 Å². The summed E-state index contributed by atoms with van der Waals surface area (Å²) in [5.41, 5.74) is 2.24. The Balaban J connectivity index is 2.00. The molecule has 0 radical (unpaired) electrons. The number of hydrogen-bond donors (Lipinski definition) is 1. The Morgan fingerprint density at radius 2 is 1.94 bits per heavy atom. The van der Waals surface area contributed by atoms with Gasteiger partial charge < -0.3 is 5.32 Å². The molecule has 0 heterocycles. The molecule has 1 saturated carbocycles. The predicted octanol–water partition coefficient (Wildman–Crippen LogP) is 5.79. The van der Waals surface area contributed by atoms with Crippen LogP contribution in [0.15, 0.2) is 16.6 Å². The van der Waals surface area contributed by atoms with Gasteiger partial charge in [0.2, 0.25) is 0 Å². The Morgan fingerprint density at radius 1 is 1.28 bits per heavy atom. The zero-order valence-corrected chi connectivity index (χ0v) is 13.4. The molecule has 1 fully saturated rings. The van der Waals surface area contributed by atoms with Crippen LogP contribution in [0.4, 0.5) is 5.69 Å². The zero-order chi connectivity index (χ0) is 13.1. The standard InChI is InChI=1S/C15H21BrClN/c1-3-11-4-6-12(7-5-11)18-15-9-14(17)10(2)8-13(15)16/h8-9,11-12,18H,3-7H2,1-2H3. The fourth-order valence-corrected chi connectivity index (χ4v) is 3.43. The third-order valence-electron chi connectivity index (χ3n) is 4.03. The number of halogens is 2. The molecule has 0 spiro atoms. The van der Waals surface area contributed by atoms with Gasteiger partial charge in [-0.05, 0) is 72.2 Å². The summed E-state index contributed by atoms with van der Waals surface area (Å²) in [5, 5.41) is 4.47. The van der Waals surface area contributed by atoms with Crippen molar-refractivity contribution in [1.29, 1.82) is 0 Å². The molecule has 0 saturated heterocycles. The van der Waals surface area contributed by atoms with E-state index < -0.39 is 0 Å². The molecule has 1 aromatic rings. The van der Waals surface area contributed by atoms with Crippen LogP contribution in [0.5, 0.6) is 0 Å². The van der Waals surface area contributed by atoms with Gasteiger partial charge in [-0.2, -0.15) is 0 Å². The minimum Gasteiger partial charge on any atom is -0.381 e. The highest BCUT2D eigenvalue weighted by molar-refractivity contribution is 9.10. The topological polar surface area (TPSA) is 12.0 Å². The third-order valence-corrected chi connectivity index (χ3v) is 5.10. The van der Waals surface area contributed by atoms with Gasteiger partial charge in [0.15, 0.2) is 0 Å². The van der Waals surface area contributed by atoms with E-state index in [9.17, 15) is 0 Å². The van der Waals surface area contributed by atoms with Crippen molar-refractivity contribution in [3.8, 4) is 0 Å². The summed E-state index contributed by atoms with van der Waals surface area (Å²) >= 11 is 9.80. The Labute approximate surface area is 123 Å². The first-order chi connectivity index (χ1) is 8.60. The number of anilines is 1. The predicted molar refractivity (Wildman–Crippen MR) is 83.5 cm³/mol. The third kappa shape index (κ3) is 3.42. The molecule has 1 aliphatic rings. The van der Waals surface area contributed by atoms with E-state index in [0.717, 1.165) is 26.7 Å². The molecule has 18 heavy (non-hydrogen) atoms. The van der Waals surface area contributed by atoms with Crippen molar-refractivity contribution in [2.75, 3.05) is 5.32 Å². The molecule has 1 nitrogen and oxygen atoms in total. The summed E-state index contributed by atoms with van der Waals surface area (Å²) in [6.45, 7) is 4.33. The van der Waals surface area contributed by atoms with Crippen LogP contribution in [-0.2, 0) is 0 Å². The molecule has 100 valence electrons. The lowest BCUT2D eigenvalue weighted by Crippen LogP contribution is -2.26. The summed E-state index contributed by atoms with van der Waals surface area (Å²) in [7, 11) is 0.